The fourth-order valence-corrected chi connectivity index (χ4v) is 9.08. The number of carbonyl (C=O) groups excluding carboxylic acids is 1. The maximum Gasteiger partial charge on any atom is 0.405 e. The average Bonchev–Trinajstić information content (AvgIpc) is 3.89. The molecule has 3 aromatic rings. The Morgan fingerprint density at radius 1 is 1.00 bits per heavy atom. The first-order chi connectivity index (χ1) is 23.6. The number of nitrogens with zero attached hydrogens (tertiary/aromatic N) is 1. The lowest BCUT2D eigenvalue weighted by atomic mass is 9.76. The molecule has 1 saturated carbocycles. The average molecular weight is 697 g/mol. The highest BCUT2D eigenvalue weighted by atomic mass is 32.2. The third-order valence-electron chi connectivity index (χ3n) is 10.1. The van der Waals surface area contributed by atoms with Crippen molar-refractivity contribution in [2.24, 2.45) is 11.3 Å². The molecule has 13 heteroatoms. The van der Waals surface area contributed by atoms with Gasteiger partial charge in [0.05, 0.1) is 4.90 Å². The van der Waals surface area contributed by atoms with Crippen molar-refractivity contribution in [2.45, 2.75) is 61.4 Å². The molecule has 3 aromatic carbocycles. The molecule has 2 aliphatic heterocycles. The zero-order valence-corrected chi connectivity index (χ0v) is 27.9. The van der Waals surface area contributed by atoms with Crippen LogP contribution in [-0.4, -0.2) is 74.8 Å². The van der Waals surface area contributed by atoms with Gasteiger partial charge in [-0.25, -0.2) is 22.0 Å². The summed E-state index contributed by atoms with van der Waals surface area (Å²) in [6.07, 6.45) is 1.96. The predicted molar refractivity (Wildman–Crippen MR) is 180 cm³/mol. The number of carboxylic acid groups (broad SMARTS) is 1. The molecule has 3 atom stereocenters. The number of rotatable bonds is 11. The number of hydrogen-bond acceptors (Lipinski definition) is 6. The van der Waals surface area contributed by atoms with E-state index in [-0.39, 0.29) is 40.3 Å². The van der Waals surface area contributed by atoms with Crippen molar-refractivity contribution in [1.29, 1.82) is 0 Å². The van der Waals surface area contributed by atoms with Crippen molar-refractivity contribution < 1.29 is 36.6 Å². The van der Waals surface area contributed by atoms with E-state index >= 15 is 4.39 Å². The molecule has 2 heterocycles. The second-order valence-corrected chi connectivity index (χ2v) is 15.3. The highest BCUT2D eigenvalue weighted by molar-refractivity contribution is 7.89. The third-order valence-corrected chi connectivity index (χ3v) is 12.1. The molecule has 1 spiro atoms. The summed E-state index contributed by atoms with van der Waals surface area (Å²) in [6.45, 7) is 2.32. The lowest BCUT2D eigenvalue weighted by Crippen LogP contribution is -2.49. The maximum absolute atomic E-state index is 15.6. The number of ether oxygens (including phenoxy) is 1. The maximum atomic E-state index is 15.6. The summed E-state index contributed by atoms with van der Waals surface area (Å²) in [5, 5.41) is 18.4. The van der Waals surface area contributed by atoms with Crippen molar-refractivity contribution in [1.82, 2.24) is 14.9 Å². The van der Waals surface area contributed by atoms with E-state index in [1.807, 2.05) is 0 Å². The van der Waals surface area contributed by atoms with Crippen molar-refractivity contribution in [3.8, 4) is 0 Å². The SMILES string of the molecule is O=C(O)N[C@H](C(=O)Nc1cccc(F)c1CCC1CNCC2(CC2)CN1S(=O)(=O)c1ccccc1)[C@@H](c1ccc(F)cc1)C1CCOCC1. The van der Waals surface area contributed by atoms with Crippen molar-refractivity contribution in [2.75, 3.05) is 38.2 Å². The molecule has 2 saturated heterocycles. The Kier molecular flexibility index (Phi) is 10.6. The predicted octanol–water partition coefficient (Wildman–Crippen LogP) is 5.13. The van der Waals surface area contributed by atoms with E-state index in [0.717, 1.165) is 12.8 Å². The number of amides is 2. The van der Waals surface area contributed by atoms with Crippen LogP contribution in [-0.2, 0) is 26.0 Å². The Labute approximate surface area is 285 Å². The molecule has 6 rings (SSSR count). The van der Waals surface area contributed by atoms with Gasteiger partial charge in [0.15, 0.2) is 0 Å². The second kappa shape index (κ2) is 14.9. The van der Waals surface area contributed by atoms with Gasteiger partial charge in [-0.2, -0.15) is 4.31 Å². The van der Waals surface area contributed by atoms with E-state index in [2.05, 4.69) is 16.0 Å². The number of sulfonamides is 1. The Morgan fingerprint density at radius 2 is 1.71 bits per heavy atom. The van der Waals surface area contributed by atoms with Crippen LogP contribution in [0.1, 0.15) is 49.1 Å². The van der Waals surface area contributed by atoms with Gasteiger partial charge in [-0.1, -0.05) is 36.4 Å². The number of nitrogens with one attached hydrogen (secondary N) is 3. The van der Waals surface area contributed by atoms with E-state index in [0.29, 0.717) is 51.3 Å². The highest BCUT2D eigenvalue weighted by Crippen LogP contribution is 2.48. The topological polar surface area (TPSA) is 137 Å². The minimum absolute atomic E-state index is 0.112. The summed E-state index contributed by atoms with van der Waals surface area (Å²) < 4.78 is 64.4. The molecule has 0 aromatic heterocycles. The molecule has 0 bridgehead atoms. The van der Waals surface area contributed by atoms with E-state index in [9.17, 15) is 27.5 Å². The molecule has 4 N–H and O–H groups in total. The standard InChI is InChI=1S/C36H42F2N4O6S/c37-26-11-9-24(10-12-26)32(25-15-19-48-20-16-25)33(41-35(44)45)34(43)40-31-8-4-7-30(38)29(31)14-13-27-21-39-22-36(17-18-36)23-42(27)49(46,47)28-5-2-1-3-6-28/h1-12,25,27,32-33,39,41H,13-23H2,(H,40,43)(H,44,45)/t27?,32-,33-/m0/s1. The summed E-state index contributed by atoms with van der Waals surface area (Å²) in [6, 6.07) is 16.5. The Bertz CT molecular complexity index is 1730. The van der Waals surface area contributed by atoms with Gasteiger partial charge in [-0.3, -0.25) is 4.79 Å². The molecule has 10 nitrogen and oxygen atoms in total. The molecule has 3 fully saturated rings. The normalized spacial score (nSPS) is 21.0. The van der Waals surface area contributed by atoms with Crippen LogP contribution in [0.3, 0.4) is 0 Å². The van der Waals surface area contributed by atoms with Crippen LogP contribution >= 0.6 is 0 Å². The summed E-state index contributed by atoms with van der Waals surface area (Å²) in [4.78, 5) is 26.3. The van der Waals surface area contributed by atoms with Gasteiger partial charge in [0.2, 0.25) is 15.9 Å². The van der Waals surface area contributed by atoms with Gasteiger partial charge >= 0.3 is 6.09 Å². The van der Waals surface area contributed by atoms with Gasteiger partial charge < -0.3 is 25.8 Å². The smallest absolute Gasteiger partial charge is 0.405 e. The number of carbonyl (C=O) groups is 2. The molecule has 0 radical (unpaired) electrons. The molecule has 3 aliphatic rings. The minimum atomic E-state index is -3.85. The second-order valence-electron chi connectivity index (χ2n) is 13.4. The Hall–Kier alpha value is -3.91. The fourth-order valence-electron chi connectivity index (χ4n) is 7.29. The highest BCUT2D eigenvalue weighted by Gasteiger charge is 2.49. The van der Waals surface area contributed by atoms with E-state index in [1.165, 1.54) is 24.3 Å². The van der Waals surface area contributed by atoms with Gasteiger partial charge in [-0.05, 0) is 91.8 Å². The first-order valence-electron chi connectivity index (χ1n) is 16.7. The van der Waals surface area contributed by atoms with Gasteiger partial charge in [0.25, 0.3) is 0 Å². The number of anilines is 1. The van der Waals surface area contributed by atoms with Crippen molar-refractivity contribution >= 4 is 27.7 Å². The van der Waals surface area contributed by atoms with Crippen LogP contribution in [0, 0.1) is 23.0 Å². The van der Waals surface area contributed by atoms with Crippen LogP contribution in [0.25, 0.3) is 0 Å². The number of hydrogen-bond donors (Lipinski definition) is 4. The molecule has 262 valence electrons. The van der Waals surface area contributed by atoms with Crippen LogP contribution in [0.15, 0.2) is 77.7 Å². The zero-order valence-electron chi connectivity index (χ0n) is 27.1. The van der Waals surface area contributed by atoms with E-state index < -0.39 is 51.7 Å². The zero-order chi connectivity index (χ0) is 34.6. The molecule has 1 aliphatic carbocycles. The Morgan fingerprint density at radius 3 is 2.39 bits per heavy atom. The van der Waals surface area contributed by atoms with Crippen LogP contribution in [0.5, 0.6) is 0 Å². The molecular formula is C36H42F2N4O6S. The summed E-state index contributed by atoms with van der Waals surface area (Å²) >= 11 is 0. The Balaban J connectivity index is 1.26. The monoisotopic (exact) mass is 696 g/mol. The van der Waals surface area contributed by atoms with E-state index in [1.54, 1.807) is 52.8 Å². The van der Waals surface area contributed by atoms with Crippen molar-refractivity contribution in [3.05, 3.63) is 95.6 Å². The molecular weight excluding hydrogens is 654 g/mol. The first kappa shape index (κ1) is 34.9. The van der Waals surface area contributed by atoms with Crippen molar-refractivity contribution in [3.63, 3.8) is 0 Å². The minimum Gasteiger partial charge on any atom is -0.465 e. The number of benzene rings is 3. The van der Waals surface area contributed by atoms with Crippen LogP contribution in [0.2, 0.25) is 0 Å². The summed E-state index contributed by atoms with van der Waals surface area (Å²) in [5.41, 5.74) is 0.836. The largest absolute Gasteiger partial charge is 0.465 e. The van der Waals surface area contributed by atoms with E-state index in [4.69, 9.17) is 4.74 Å². The molecule has 1 unspecified atom stereocenters. The first-order valence-corrected chi connectivity index (χ1v) is 18.2. The van der Waals surface area contributed by atoms with Crippen LogP contribution < -0.4 is 16.0 Å². The lowest BCUT2D eigenvalue weighted by Gasteiger charge is -2.35. The summed E-state index contributed by atoms with van der Waals surface area (Å²) in [7, 11) is -3.85. The summed E-state index contributed by atoms with van der Waals surface area (Å²) in [5.74, 6) is -2.52. The van der Waals surface area contributed by atoms with Gasteiger partial charge in [0, 0.05) is 56.1 Å². The fraction of sp³-hybridized carbons (Fsp3) is 0.444. The molecule has 2 amide bonds. The lowest BCUT2D eigenvalue weighted by molar-refractivity contribution is -0.119. The number of halogens is 2. The third kappa shape index (κ3) is 8.12. The molecule has 49 heavy (non-hydrogen) atoms. The van der Waals surface area contributed by atoms with Crippen LogP contribution in [0.4, 0.5) is 19.3 Å². The van der Waals surface area contributed by atoms with Gasteiger partial charge in [0.1, 0.15) is 17.7 Å². The quantitative estimate of drug-likeness (QED) is 0.218. The van der Waals surface area contributed by atoms with Gasteiger partial charge in [-0.15, -0.1) is 0 Å².